The quantitative estimate of drug-likeness (QED) is 0.765. The van der Waals surface area contributed by atoms with Crippen molar-refractivity contribution in [2.45, 2.75) is 39.2 Å². The van der Waals surface area contributed by atoms with Crippen LogP contribution in [-0.2, 0) is 4.74 Å². The van der Waals surface area contributed by atoms with Gasteiger partial charge in [0.05, 0.1) is 12.2 Å². The molecule has 1 unspecified atom stereocenters. The van der Waals surface area contributed by atoms with Gasteiger partial charge in [-0.25, -0.2) is 0 Å². The Bertz CT molecular complexity index is 302. The molecular formula is C15H25NO. The Hall–Kier alpha value is -0.860. The van der Waals surface area contributed by atoms with Crippen LogP contribution in [0, 0.1) is 0 Å². The largest absolute Gasteiger partial charge is 0.375 e. The molecule has 2 nitrogen and oxygen atoms in total. The van der Waals surface area contributed by atoms with E-state index in [-0.39, 0.29) is 5.60 Å². The number of ether oxygens (including phenoxy) is 1. The summed E-state index contributed by atoms with van der Waals surface area (Å²) >= 11 is 0. The lowest BCUT2D eigenvalue weighted by Crippen LogP contribution is -2.28. The molecule has 0 heterocycles. The smallest absolute Gasteiger partial charge is 0.0599 e. The SMILES string of the molecule is CC(CNCCOC(C)(C)C)c1ccccc1. The molecule has 0 aliphatic heterocycles. The van der Waals surface area contributed by atoms with Crippen LogP contribution in [0.4, 0.5) is 0 Å². The molecule has 1 rings (SSSR count). The van der Waals surface area contributed by atoms with E-state index in [4.69, 9.17) is 4.74 Å². The van der Waals surface area contributed by atoms with Crippen molar-refractivity contribution in [2.75, 3.05) is 19.7 Å². The van der Waals surface area contributed by atoms with Crippen LogP contribution in [-0.4, -0.2) is 25.3 Å². The Morgan fingerprint density at radius 2 is 1.82 bits per heavy atom. The van der Waals surface area contributed by atoms with Crippen molar-refractivity contribution in [3.63, 3.8) is 0 Å². The fourth-order valence-corrected chi connectivity index (χ4v) is 1.65. The number of rotatable bonds is 6. The normalized spacial score (nSPS) is 13.6. The van der Waals surface area contributed by atoms with E-state index in [0.717, 1.165) is 19.7 Å². The van der Waals surface area contributed by atoms with Crippen LogP contribution in [0.5, 0.6) is 0 Å². The third kappa shape index (κ3) is 6.44. The maximum Gasteiger partial charge on any atom is 0.0599 e. The number of hydrogen-bond acceptors (Lipinski definition) is 2. The zero-order valence-corrected chi connectivity index (χ0v) is 11.5. The highest BCUT2D eigenvalue weighted by Crippen LogP contribution is 2.12. The van der Waals surface area contributed by atoms with Gasteiger partial charge in [0.15, 0.2) is 0 Å². The minimum absolute atomic E-state index is 0.0350. The molecule has 0 aromatic heterocycles. The van der Waals surface area contributed by atoms with Gasteiger partial charge in [-0.05, 0) is 32.3 Å². The first kappa shape index (κ1) is 14.2. The Balaban J connectivity index is 2.15. The first-order valence-electron chi connectivity index (χ1n) is 6.38. The van der Waals surface area contributed by atoms with E-state index in [2.05, 4.69) is 63.3 Å². The Kier molecular flexibility index (Phi) is 5.66. The van der Waals surface area contributed by atoms with Gasteiger partial charge in [-0.3, -0.25) is 0 Å². The monoisotopic (exact) mass is 235 g/mol. The van der Waals surface area contributed by atoms with Crippen LogP contribution in [0.25, 0.3) is 0 Å². The fraction of sp³-hybridized carbons (Fsp3) is 0.600. The van der Waals surface area contributed by atoms with E-state index >= 15 is 0 Å². The predicted octanol–water partition coefficient (Wildman–Crippen LogP) is 3.19. The topological polar surface area (TPSA) is 21.3 Å². The summed E-state index contributed by atoms with van der Waals surface area (Å²) in [5.74, 6) is 0.547. The summed E-state index contributed by atoms with van der Waals surface area (Å²) in [7, 11) is 0. The fourth-order valence-electron chi connectivity index (χ4n) is 1.65. The molecule has 0 aliphatic rings. The van der Waals surface area contributed by atoms with Gasteiger partial charge in [0.25, 0.3) is 0 Å². The molecule has 0 saturated heterocycles. The van der Waals surface area contributed by atoms with Gasteiger partial charge in [0, 0.05) is 13.1 Å². The number of benzene rings is 1. The van der Waals surface area contributed by atoms with Crippen molar-refractivity contribution >= 4 is 0 Å². The highest BCUT2D eigenvalue weighted by Gasteiger charge is 2.09. The van der Waals surface area contributed by atoms with Crippen molar-refractivity contribution in [1.82, 2.24) is 5.32 Å². The number of hydrogen-bond donors (Lipinski definition) is 1. The summed E-state index contributed by atoms with van der Waals surface area (Å²) < 4.78 is 5.65. The lowest BCUT2D eigenvalue weighted by Gasteiger charge is -2.20. The Morgan fingerprint density at radius 1 is 1.18 bits per heavy atom. The summed E-state index contributed by atoms with van der Waals surface area (Å²) in [6.07, 6.45) is 0. The van der Waals surface area contributed by atoms with E-state index in [9.17, 15) is 0 Å². The highest BCUT2D eigenvalue weighted by atomic mass is 16.5. The third-order valence-corrected chi connectivity index (χ3v) is 2.63. The molecule has 0 radical (unpaired) electrons. The molecular weight excluding hydrogens is 210 g/mol. The second-order valence-electron chi connectivity index (χ2n) is 5.48. The molecule has 0 aliphatic carbocycles. The Labute approximate surface area is 105 Å². The average molecular weight is 235 g/mol. The lowest BCUT2D eigenvalue weighted by molar-refractivity contribution is -0.000808. The van der Waals surface area contributed by atoms with E-state index < -0.39 is 0 Å². The van der Waals surface area contributed by atoms with Crippen LogP contribution >= 0.6 is 0 Å². The summed E-state index contributed by atoms with van der Waals surface area (Å²) in [6.45, 7) is 11.2. The van der Waals surface area contributed by atoms with Crippen LogP contribution in [0.15, 0.2) is 30.3 Å². The van der Waals surface area contributed by atoms with Crippen LogP contribution in [0.1, 0.15) is 39.2 Å². The zero-order valence-electron chi connectivity index (χ0n) is 11.5. The zero-order chi connectivity index (χ0) is 12.7. The third-order valence-electron chi connectivity index (χ3n) is 2.63. The summed E-state index contributed by atoms with van der Waals surface area (Å²) in [6, 6.07) is 10.6. The van der Waals surface area contributed by atoms with Gasteiger partial charge < -0.3 is 10.1 Å². The summed E-state index contributed by atoms with van der Waals surface area (Å²) in [4.78, 5) is 0. The molecule has 0 fully saturated rings. The van der Waals surface area contributed by atoms with E-state index in [0.29, 0.717) is 5.92 Å². The number of nitrogens with one attached hydrogen (secondary N) is 1. The van der Waals surface area contributed by atoms with Crippen molar-refractivity contribution in [3.05, 3.63) is 35.9 Å². The minimum atomic E-state index is -0.0350. The second-order valence-corrected chi connectivity index (χ2v) is 5.48. The molecule has 2 heteroatoms. The van der Waals surface area contributed by atoms with Crippen LogP contribution in [0.2, 0.25) is 0 Å². The van der Waals surface area contributed by atoms with Gasteiger partial charge in [-0.1, -0.05) is 37.3 Å². The molecule has 1 N–H and O–H groups in total. The first-order valence-corrected chi connectivity index (χ1v) is 6.38. The highest BCUT2D eigenvalue weighted by molar-refractivity contribution is 5.18. The molecule has 0 saturated carbocycles. The standard InChI is InChI=1S/C15H25NO/c1-13(14-8-6-5-7-9-14)12-16-10-11-17-15(2,3)4/h5-9,13,16H,10-12H2,1-4H3. The van der Waals surface area contributed by atoms with E-state index in [1.807, 2.05) is 0 Å². The second kappa shape index (κ2) is 6.77. The van der Waals surface area contributed by atoms with Gasteiger partial charge in [0.2, 0.25) is 0 Å². The average Bonchev–Trinajstić information content (AvgIpc) is 2.28. The van der Waals surface area contributed by atoms with Crippen LogP contribution < -0.4 is 5.32 Å². The van der Waals surface area contributed by atoms with E-state index in [1.54, 1.807) is 0 Å². The molecule has 1 aromatic carbocycles. The van der Waals surface area contributed by atoms with E-state index in [1.165, 1.54) is 5.56 Å². The molecule has 0 amide bonds. The molecule has 96 valence electrons. The maximum atomic E-state index is 5.65. The molecule has 1 aromatic rings. The van der Waals surface area contributed by atoms with Crippen molar-refractivity contribution in [3.8, 4) is 0 Å². The first-order chi connectivity index (χ1) is 7.99. The lowest BCUT2D eigenvalue weighted by atomic mass is 10.0. The summed E-state index contributed by atoms with van der Waals surface area (Å²) in [5, 5.41) is 3.43. The molecule has 1 atom stereocenters. The van der Waals surface area contributed by atoms with Gasteiger partial charge >= 0.3 is 0 Å². The minimum Gasteiger partial charge on any atom is -0.375 e. The molecule has 0 spiro atoms. The van der Waals surface area contributed by atoms with Crippen LogP contribution in [0.3, 0.4) is 0 Å². The molecule has 0 bridgehead atoms. The van der Waals surface area contributed by atoms with Gasteiger partial charge in [-0.2, -0.15) is 0 Å². The maximum absolute atomic E-state index is 5.65. The van der Waals surface area contributed by atoms with Crippen molar-refractivity contribution in [2.24, 2.45) is 0 Å². The Morgan fingerprint density at radius 3 is 2.41 bits per heavy atom. The van der Waals surface area contributed by atoms with Gasteiger partial charge in [-0.15, -0.1) is 0 Å². The van der Waals surface area contributed by atoms with Crippen molar-refractivity contribution < 1.29 is 4.74 Å². The predicted molar refractivity (Wildman–Crippen MR) is 73.4 cm³/mol. The molecule has 17 heavy (non-hydrogen) atoms. The summed E-state index contributed by atoms with van der Waals surface area (Å²) in [5.41, 5.74) is 1.35. The van der Waals surface area contributed by atoms with Gasteiger partial charge in [0.1, 0.15) is 0 Å². The van der Waals surface area contributed by atoms with Crippen molar-refractivity contribution in [1.29, 1.82) is 0 Å².